The number of hydrogen-bond acceptors (Lipinski definition) is 5. The van der Waals surface area contributed by atoms with Gasteiger partial charge in [0.05, 0.1) is 13.3 Å². The molecule has 148 valence electrons. The van der Waals surface area contributed by atoms with Crippen LogP contribution in [0.4, 0.5) is 0 Å². The monoisotopic (exact) mass is 405 g/mol. The summed E-state index contributed by atoms with van der Waals surface area (Å²) in [5.41, 5.74) is 8.99. The SMILES string of the molecule is COc1cccc(COc2ccccc2C=NN=C(N)SCc2ccccc2)c1. The molecule has 0 atom stereocenters. The van der Waals surface area contributed by atoms with Gasteiger partial charge in [0, 0.05) is 11.3 Å². The zero-order valence-electron chi connectivity index (χ0n) is 16.2. The highest BCUT2D eigenvalue weighted by molar-refractivity contribution is 8.13. The van der Waals surface area contributed by atoms with Crippen molar-refractivity contribution in [3.05, 3.63) is 95.6 Å². The van der Waals surface area contributed by atoms with E-state index in [9.17, 15) is 0 Å². The summed E-state index contributed by atoms with van der Waals surface area (Å²) in [6, 6.07) is 25.6. The molecule has 0 spiro atoms. The molecule has 6 heteroatoms. The highest BCUT2D eigenvalue weighted by atomic mass is 32.2. The largest absolute Gasteiger partial charge is 0.497 e. The fourth-order valence-corrected chi connectivity index (χ4v) is 3.16. The molecule has 0 unspecified atom stereocenters. The Morgan fingerprint density at radius 3 is 2.55 bits per heavy atom. The quantitative estimate of drug-likeness (QED) is 0.330. The fraction of sp³-hybridized carbons (Fsp3) is 0.130. The first-order valence-corrected chi connectivity index (χ1v) is 10.1. The lowest BCUT2D eigenvalue weighted by molar-refractivity contribution is 0.305. The zero-order valence-corrected chi connectivity index (χ0v) is 17.0. The van der Waals surface area contributed by atoms with Crippen molar-refractivity contribution in [1.29, 1.82) is 0 Å². The molecule has 29 heavy (non-hydrogen) atoms. The van der Waals surface area contributed by atoms with E-state index in [2.05, 4.69) is 22.3 Å². The number of thioether (sulfide) groups is 1. The number of nitrogens with two attached hydrogens (primary N) is 1. The minimum Gasteiger partial charge on any atom is -0.497 e. The normalized spacial score (nSPS) is 11.6. The number of para-hydroxylation sites is 1. The van der Waals surface area contributed by atoms with Gasteiger partial charge in [0.15, 0.2) is 5.17 Å². The van der Waals surface area contributed by atoms with Gasteiger partial charge in [-0.05, 0) is 35.4 Å². The summed E-state index contributed by atoms with van der Waals surface area (Å²) in [5.74, 6) is 2.29. The predicted octanol–water partition coefficient (Wildman–Crippen LogP) is 4.86. The van der Waals surface area contributed by atoms with E-state index in [1.165, 1.54) is 17.3 Å². The van der Waals surface area contributed by atoms with E-state index in [0.29, 0.717) is 11.8 Å². The van der Waals surface area contributed by atoms with E-state index < -0.39 is 0 Å². The van der Waals surface area contributed by atoms with Crippen molar-refractivity contribution in [1.82, 2.24) is 0 Å². The molecule has 0 aliphatic carbocycles. The Kier molecular flexibility index (Phi) is 7.72. The molecule has 3 aromatic rings. The van der Waals surface area contributed by atoms with Crippen molar-refractivity contribution in [2.75, 3.05) is 7.11 Å². The Labute approximate surface area is 175 Å². The van der Waals surface area contributed by atoms with Crippen LogP contribution in [-0.2, 0) is 12.4 Å². The van der Waals surface area contributed by atoms with Crippen LogP contribution in [0.25, 0.3) is 0 Å². The second-order valence-corrected chi connectivity index (χ2v) is 7.13. The summed E-state index contributed by atoms with van der Waals surface area (Å²) in [5, 5.41) is 8.60. The number of methoxy groups -OCH3 is 1. The summed E-state index contributed by atoms with van der Waals surface area (Å²) < 4.78 is 11.2. The molecular weight excluding hydrogens is 382 g/mol. The second-order valence-electron chi connectivity index (χ2n) is 6.14. The van der Waals surface area contributed by atoms with Gasteiger partial charge in [0.2, 0.25) is 0 Å². The van der Waals surface area contributed by atoms with Crippen molar-refractivity contribution < 1.29 is 9.47 Å². The first-order chi connectivity index (χ1) is 14.2. The van der Waals surface area contributed by atoms with E-state index >= 15 is 0 Å². The van der Waals surface area contributed by atoms with Crippen LogP contribution in [0.5, 0.6) is 11.5 Å². The number of ether oxygens (including phenoxy) is 2. The molecule has 0 radical (unpaired) electrons. The number of benzene rings is 3. The Hall–Kier alpha value is -3.25. The van der Waals surface area contributed by atoms with E-state index in [1.807, 2.05) is 66.7 Å². The van der Waals surface area contributed by atoms with Crippen molar-refractivity contribution in [3.63, 3.8) is 0 Å². The van der Waals surface area contributed by atoms with Crippen LogP contribution in [-0.4, -0.2) is 18.5 Å². The van der Waals surface area contributed by atoms with Gasteiger partial charge in [-0.25, -0.2) is 0 Å². The molecule has 2 N–H and O–H groups in total. The van der Waals surface area contributed by atoms with Crippen molar-refractivity contribution in [2.45, 2.75) is 12.4 Å². The Morgan fingerprint density at radius 2 is 1.72 bits per heavy atom. The Morgan fingerprint density at radius 1 is 0.966 bits per heavy atom. The topological polar surface area (TPSA) is 69.2 Å². The summed E-state index contributed by atoms with van der Waals surface area (Å²) in [4.78, 5) is 0. The third kappa shape index (κ3) is 6.69. The summed E-state index contributed by atoms with van der Waals surface area (Å²) in [7, 11) is 1.65. The van der Waals surface area contributed by atoms with Gasteiger partial charge < -0.3 is 15.2 Å². The summed E-state index contributed by atoms with van der Waals surface area (Å²) in [6.45, 7) is 0.431. The van der Waals surface area contributed by atoms with Crippen LogP contribution in [0, 0.1) is 0 Å². The predicted molar refractivity (Wildman–Crippen MR) is 121 cm³/mol. The molecule has 3 aromatic carbocycles. The standard InChI is InChI=1S/C23H23N3O2S/c1-27-21-12-7-10-19(14-21)16-28-22-13-6-5-11-20(22)15-25-26-23(24)29-17-18-8-3-2-4-9-18/h2-15H,16-17H2,1H3,(H2,24,26). The van der Waals surface area contributed by atoms with Crippen molar-refractivity contribution >= 4 is 23.1 Å². The minimum absolute atomic E-state index is 0.417. The first kappa shape index (κ1) is 20.5. The second kappa shape index (κ2) is 10.9. The summed E-state index contributed by atoms with van der Waals surface area (Å²) >= 11 is 1.45. The van der Waals surface area contributed by atoms with Gasteiger partial charge >= 0.3 is 0 Å². The molecule has 0 heterocycles. The molecule has 0 amide bonds. The van der Waals surface area contributed by atoms with Gasteiger partial charge in [-0.2, -0.15) is 5.10 Å². The van der Waals surface area contributed by atoms with Gasteiger partial charge in [0.25, 0.3) is 0 Å². The fourth-order valence-electron chi connectivity index (χ4n) is 2.55. The number of hydrogen-bond donors (Lipinski definition) is 1. The number of amidine groups is 1. The maximum atomic E-state index is 5.95. The van der Waals surface area contributed by atoms with Crippen molar-refractivity contribution in [2.24, 2.45) is 15.9 Å². The molecular formula is C23H23N3O2S. The molecule has 0 saturated carbocycles. The third-order valence-corrected chi connectivity index (χ3v) is 4.89. The number of rotatable bonds is 8. The first-order valence-electron chi connectivity index (χ1n) is 9.12. The maximum Gasteiger partial charge on any atom is 0.180 e. The molecule has 0 fully saturated rings. The van der Waals surface area contributed by atoms with Gasteiger partial charge in [-0.3, -0.25) is 0 Å². The summed E-state index contributed by atoms with van der Waals surface area (Å²) in [6.07, 6.45) is 1.65. The molecule has 0 saturated heterocycles. The van der Waals surface area contributed by atoms with E-state index in [0.717, 1.165) is 28.4 Å². The lowest BCUT2D eigenvalue weighted by atomic mass is 10.2. The average molecular weight is 406 g/mol. The zero-order chi connectivity index (χ0) is 20.3. The van der Waals surface area contributed by atoms with E-state index in [1.54, 1.807) is 13.3 Å². The van der Waals surface area contributed by atoms with Crippen molar-refractivity contribution in [3.8, 4) is 11.5 Å². The van der Waals surface area contributed by atoms with Crippen LogP contribution < -0.4 is 15.2 Å². The van der Waals surface area contributed by atoms with E-state index in [4.69, 9.17) is 15.2 Å². The molecule has 3 rings (SSSR count). The highest BCUT2D eigenvalue weighted by Gasteiger charge is 2.03. The maximum absolute atomic E-state index is 5.95. The molecule has 0 aliphatic heterocycles. The minimum atomic E-state index is 0.417. The molecule has 0 bridgehead atoms. The van der Waals surface area contributed by atoms with Gasteiger partial charge in [0.1, 0.15) is 18.1 Å². The van der Waals surface area contributed by atoms with Gasteiger partial charge in [-0.1, -0.05) is 66.4 Å². The van der Waals surface area contributed by atoms with Crippen LogP contribution in [0.15, 0.2) is 89.1 Å². The third-order valence-electron chi connectivity index (χ3n) is 4.03. The molecule has 0 aliphatic rings. The lowest BCUT2D eigenvalue weighted by Crippen LogP contribution is -2.06. The molecule has 0 aromatic heterocycles. The van der Waals surface area contributed by atoms with Crippen LogP contribution in [0.3, 0.4) is 0 Å². The Bertz CT molecular complexity index is 975. The lowest BCUT2D eigenvalue weighted by Gasteiger charge is -2.09. The average Bonchev–Trinajstić information content (AvgIpc) is 2.78. The molecule has 5 nitrogen and oxygen atoms in total. The van der Waals surface area contributed by atoms with Crippen LogP contribution in [0.2, 0.25) is 0 Å². The highest BCUT2D eigenvalue weighted by Crippen LogP contribution is 2.19. The van der Waals surface area contributed by atoms with Crippen LogP contribution >= 0.6 is 11.8 Å². The van der Waals surface area contributed by atoms with E-state index in [-0.39, 0.29) is 0 Å². The number of nitrogens with zero attached hydrogens (tertiary/aromatic N) is 2. The van der Waals surface area contributed by atoms with Crippen LogP contribution in [0.1, 0.15) is 16.7 Å². The Balaban J connectivity index is 1.59. The van der Waals surface area contributed by atoms with Gasteiger partial charge in [-0.15, -0.1) is 5.10 Å². The smallest absolute Gasteiger partial charge is 0.180 e.